The van der Waals surface area contributed by atoms with Gasteiger partial charge in [-0.3, -0.25) is 4.98 Å². The molecule has 0 atom stereocenters. The molecule has 26 heavy (non-hydrogen) atoms. The summed E-state index contributed by atoms with van der Waals surface area (Å²) in [5.41, 5.74) is 0.905. The number of benzene rings is 1. The monoisotopic (exact) mass is 362 g/mol. The lowest BCUT2D eigenvalue weighted by atomic mass is 10.2. The molecule has 0 spiro atoms. The Kier molecular flexibility index (Phi) is 3.67. The van der Waals surface area contributed by atoms with Gasteiger partial charge in [0.05, 0.1) is 16.4 Å². The number of hydrogen-bond acceptors (Lipinski definition) is 7. The fourth-order valence-corrected chi connectivity index (χ4v) is 4.34. The number of anilines is 2. The molecule has 3 aromatic heterocycles. The van der Waals surface area contributed by atoms with Crippen LogP contribution in [0.4, 0.5) is 11.6 Å². The smallest absolute Gasteiger partial charge is 0.150 e. The molecule has 7 heteroatoms. The molecule has 0 saturated carbocycles. The number of pyridine rings is 1. The van der Waals surface area contributed by atoms with E-state index >= 15 is 0 Å². The zero-order chi connectivity index (χ0) is 17.5. The van der Waals surface area contributed by atoms with Crippen LogP contribution in [0, 0.1) is 6.92 Å². The first-order valence-electron chi connectivity index (χ1n) is 8.72. The molecule has 1 saturated heterocycles. The highest BCUT2D eigenvalue weighted by Crippen LogP contribution is 2.31. The number of piperazine rings is 1. The molecule has 1 aromatic carbocycles. The van der Waals surface area contributed by atoms with Crippen LogP contribution in [0.2, 0.25) is 0 Å². The van der Waals surface area contributed by atoms with E-state index in [1.54, 1.807) is 11.5 Å². The number of rotatable bonds is 2. The topological polar surface area (TPSA) is 58.0 Å². The van der Waals surface area contributed by atoms with Gasteiger partial charge in [-0.15, -0.1) is 0 Å². The van der Waals surface area contributed by atoms with E-state index in [1.807, 2.05) is 25.4 Å². The van der Waals surface area contributed by atoms with Gasteiger partial charge in [0.2, 0.25) is 0 Å². The van der Waals surface area contributed by atoms with Gasteiger partial charge in [-0.1, -0.05) is 12.1 Å². The summed E-state index contributed by atoms with van der Waals surface area (Å²) in [4.78, 5) is 18.1. The third kappa shape index (κ3) is 2.55. The van der Waals surface area contributed by atoms with Crippen LogP contribution < -0.4 is 9.80 Å². The van der Waals surface area contributed by atoms with Crippen LogP contribution in [0.5, 0.6) is 0 Å². The highest BCUT2D eigenvalue weighted by Gasteiger charge is 2.23. The van der Waals surface area contributed by atoms with E-state index in [4.69, 9.17) is 9.36 Å². The van der Waals surface area contributed by atoms with Crippen molar-refractivity contribution in [2.45, 2.75) is 6.92 Å². The Morgan fingerprint density at radius 3 is 2.50 bits per heavy atom. The molecule has 0 aliphatic carbocycles. The van der Waals surface area contributed by atoms with Gasteiger partial charge >= 0.3 is 0 Å². The maximum absolute atomic E-state index is 4.72. The zero-order valence-corrected chi connectivity index (χ0v) is 15.3. The van der Waals surface area contributed by atoms with Crippen LogP contribution in [0.1, 0.15) is 5.82 Å². The van der Waals surface area contributed by atoms with Gasteiger partial charge in [-0.25, -0.2) is 9.97 Å². The van der Waals surface area contributed by atoms with Crippen molar-refractivity contribution in [3.8, 4) is 0 Å². The van der Waals surface area contributed by atoms with E-state index in [0.717, 1.165) is 54.5 Å². The quantitative estimate of drug-likeness (QED) is 0.545. The van der Waals surface area contributed by atoms with Crippen molar-refractivity contribution < 1.29 is 0 Å². The summed E-state index contributed by atoms with van der Waals surface area (Å²) in [6.07, 6.45) is 3.62. The fraction of sp³-hybridized carbons (Fsp3) is 0.263. The molecule has 0 radical (unpaired) electrons. The second-order valence-corrected chi connectivity index (χ2v) is 7.27. The van der Waals surface area contributed by atoms with Crippen molar-refractivity contribution in [3.63, 3.8) is 0 Å². The first-order valence-corrected chi connectivity index (χ1v) is 9.49. The molecule has 0 unspecified atom stereocenters. The van der Waals surface area contributed by atoms with Crippen LogP contribution in [0.15, 0.2) is 42.7 Å². The van der Waals surface area contributed by atoms with Crippen molar-refractivity contribution in [1.29, 1.82) is 0 Å². The third-order valence-electron chi connectivity index (χ3n) is 4.83. The van der Waals surface area contributed by atoms with E-state index in [0.29, 0.717) is 0 Å². The summed E-state index contributed by atoms with van der Waals surface area (Å²) in [7, 11) is 0. The normalized spacial score (nSPS) is 15.1. The van der Waals surface area contributed by atoms with E-state index in [-0.39, 0.29) is 0 Å². The Morgan fingerprint density at radius 1 is 0.885 bits per heavy atom. The number of nitrogens with zero attached hydrogens (tertiary/aromatic N) is 6. The molecule has 0 bridgehead atoms. The first kappa shape index (κ1) is 15.5. The number of fused-ring (bicyclic) bond motifs is 2. The average molecular weight is 362 g/mol. The molecule has 130 valence electrons. The molecule has 6 nitrogen and oxygen atoms in total. The SMILES string of the molecule is Cc1nc(N2CCN(c3nsc4ccccc34)CC2)c2ccncc2n1. The molecule has 4 heterocycles. The van der Waals surface area contributed by atoms with E-state index in [2.05, 4.69) is 44.0 Å². The van der Waals surface area contributed by atoms with Crippen molar-refractivity contribution >= 4 is 44.2 Å². The maximum Gasteiger partial charge on any atom is 0.150 e. The molecule has 1 aliphatic heterocycles. The Labute approximate surface area is 155 Å². The molecule has 5 rings (SSSR count). The van der Waals surface area contributed by atoms with Gasteiger partial charge in [0.15, 0.2) is 0 Å². The predicted octanol–water partition coefficient (Wildman–Crippen LogP) is 3.27. The van der Waals surface area contributed by atoms with E-state index in [1.165, 1.54) is 10.1 Å². The largest absolute Gasteiger partial charge is 0.352 e. The van der Waals surface area contributed by atoms with Gasteiger partial charge in [0.25, 0.3) is 0 Å². The van der Waals surface area contributed by atoms with Crippen molar-refractivity contribution in [2.24, 2.45) is 0 Å². The second kappa shape index (κ2) is 6.17. The number of aryl methyl sites for hydroxylation is 1. The Hall–Kier alpha value is -2.80. The summed E-state index contributed by atoms with van der Waals surface area (Å²) in [6.45, 7) is 5.64. The van der Waals surface area contributed by atoms with E-state index < -0.39 is 0 Å². The lowest BCUT2D eigenvalue weighted by molar-refractivity contribution is 0.645. The molecule has 4 aromatic rings. The molecule has 1 aliphatic rings. The lowest BCUT2D eigenvalue weighted by Crippen LogP contribution is -2.47. The third-order valence-corrected chi connectivity index (χ3v) is 5.64. The van der Waals surface area contributed by atoms with Crippen LogP contribution in [0.3, 0.4) is 0 Å². The molecular formula is C19H18N6S. The summed E-state index contributed by atoms with van der Waals surface area (Å²) < 4.78 is 5.94. The minimum absolute atomic E-state index is 0.786. The second-order valence-electron chi connectivity index (χ2n) is 6.46. The summed E-state index contributed by atoms with van der Waals surface area (Å²) >= 11 is 1.58. The summed E-state index contributed by atoms with van der Waals surface area (Å²) in [5.74, 6) is 2.91. The average Bonchev–Trinajstić information content (AvgIpc) is 3.11. The van der Waals surface area contributed by atoms with Gasteiger partial charge in [-0.2, -0.15) is 4.37 Å². The molecule has 1 fully saturated rings. The Morgan fingerprint density at radius 2 is 1.65 bits per heavy atom. The fourth-order valence-electron chi connectivity index (χ4n) is 3.55. The van der Waals surface area contributed by atoms with Crippen LogP contribution in [0.25, 0.3) is 21.0 Å². The van der Waals surface area contributed by atoms with Gasteiger partial charge in [-0.05, 0) is 36.7 Å². The minimum Gasteiger partial charge on any atom is -0.352 e. The standard InChI is InChI=1S/C19H18N6S/c1-13-21-16-12-20-7-6-14(16)18(22-13)24-8-10-25(11-9-24)19-15-4-2-3-5-17(15)26-23-19/h2-7,12H,8-11H2,1H3. The Bertz CT molecular complexity index is 1080. The number of aromatic nitrogens is 4. The molecular weight excluding hydrogens is 344 g/mol. The van der Waals surface area contributed by atoms with E-state index in [9.17, 15) is 0 Å². The predicted molar refractivity (Wildman–Crippen MR) is 106 cm³/mol. The van der Waals surface area contributed by atoms with Crippen molar-refractivity contribution in [3.05, 3.63) is 48.5 Å². The van der Waals surface area contributed by atoms with Crippen LogP contribution >= 0.6 is 11.5 Å². The van der Waals surface area contributed by atoms with Gasteiger partial charge in [0, 0.05) is 43.1 Å². The van der Waals surface area contributed by atoms with Crippen molar-refractivity contribution in [2.75, 3.05) is 36.0 Å². The molecule has 0 amide bonds. The minimum atomic E-state index is 0.786. The van der Waals surface area contributed by atoms with Crippen LogP contribution in [-0.4, -0.2) is 45.5 Å². The van der Waals surface area contributed by atoms with Gasteiger partial charge in [0.1, 0.15) is 17.5 Å². The Balaban J connectivity index is 1.43. The summed E-state index contributed by atoms with van der Waals surface area (Å²) in [5, 5.41) is 2.32. The lowest BCUT2D eigenvalue weighted by Gasteiger charge is -2.36. The maximum atomic E-state index is 4.72. The van der Waals surface area contributed by atoms with Gasteiger partial charge < -0.3 is 9.80 Å². The molecule has 0 N–H and O–H groups in total. The highest BCUT2D eigenvalue weighted by molar-refractivity contribution is 7.13. The summed E-state index contributed by atoms with van der Waals surface area (Å²) in [6, 6.07) is 10.5. The zero-order valence-electron chi connectivity index (χ0n) is 14.5. The number of hydrogen-bond donors (Lipinski definition) is 0. The van der Waals surface area contributed by atoms with Crippen molar-refractivity contribution in [1.82, 2.24) is 19.3 Å². The first-order chi connectivity index (χ1) is 12.8. The van der Waals surface area contributed by atoms with Crippen LogP contribution in [-0.2, 0) is 0 Å². The highest BCUT2D eigenvalue weighted by atomic mass is 32.1.